The summed E-state index contributed by atoms with van der Waals surface area (Å²) in [7, 11) is -2.86. The quantitative estimate of drug-likeness (QED) is 0.475. The number of ether oxygens (including phenoxy) is 3. The van der Waals surface area contributed by atoms with E-state index in [1.807, 2.05) is 0 Å². The van der Waals surface area contributed by atoms with Gasteiger partial charge in [-0.3, -0.25) is 18.1 Å². The Balaban J connectivity index is 1.56. The van der Waals surface area contributed by atoms with Gasteiger partial charge in [-0.15, -0.1) is 0 Å². The van der Waals surface area contributed by atoms with Crippen molar-refractivity contribution in [1.29, 1.82) is 0 Å². The Labute approximate surface area is 181 Å². The second kappa shape index (κ2) is 8.19. The Kier molecular flexibility index (Phi) is 5.84. The van der Waals surface area contributed by atoms with Crippen molar-refractivity contribution in [2.75, 3.05) is 26.1 Å². The average molecular weight is 475 g/mol. The lowest BCUT2D eigenvalue weighted by Gasteiger charge is -2.33. The van der Waals surface area contributed by atoms with Crippen LogP contribution in [-0.4, -0.2) is 69.8 Å². The van der Waals surface area contributed by atoms with Crippen molar-refractivity contribution in [2.45, 2.75) is 51.0 Å². The summed E-state index contributed by atoms with van der Waals surface area (Å²) < 4.78 is 61.5. The van der Waals surface area contributed by atoms with E-state index in [0.717, 1.165) is 0 Å². The molecule has 0 amide bonds. The third-order valence-electron chi connectivity index (χ3n) is 4.88. The molecule has 13 nitrogen and oxygen atoms in total. The van der Waals surface area contributed by atoms with E-state index in [1.165, 1.54) is 24.9 Å². The largest absolute Gasteiger partial charge is 0.479 e. The summed E-state index contributed by atoms with van der Waals surface area (Å²) >= 11 is 0. The van der Waals surface area contributed by atoms with Crippen molar-refractivity contribution in [1.82, 2.24) is 19.5 Å². The van der Waals surface area contributed by atoms with Gasteiger partial charge in [0, 0.05) is 0 Å². The predicted octanol–water partition coefficient (Wildman–Crippen LogP) is 1.53. The van der Waals surface area contributed by atoms with Gasteiger partial charge in [-0.05, 0) is 20.8 Å². The molecule has 0 aromatic carbocycles. The van der Waals surface area contributed by atoms with Crippen molar-refractivity contribution in [3.8, 4) is 5.88 Å². The van der Waals surface area contributed by atoms with E-state index in [0.29, 0.717) is 0 Å². The van der Waals surface area contributed by atoms with Gasteiger partial charge in [0.15, 0.2) is 29.7 Å². The number of alkyl halides is 1. The summed E-state index contributed by atoms with van der Waals surface area (Å²) in [6.07, 6.45) is -2.60. The van der Waals surface area contributed by atoms with Crippen LogP contribution in [0.15, 0.2) is 6.33 Å². The van der Waals surface area contributed by atoms with Gasteiger partial charge in [0.05, 0.1) is 26.1 Å². The number of phosphoric ester groups is 1. The summed E-state index contributed by atoms with van der Waals surface area (Å²) in [6.45, 7) is 3.55. The minimum atomic E-state index is -4.24. The Morgan fingerprint density at radius 2 is 2.22 bits per heavy atom. The fraction of sp³-hybridized carbons (Fsp3) is 0.647. The van der Waals surface area contributed by atoms with Crippen LogP contribution in [0.3, 0.4) is 0 Å². The first kappa shape index (κ1) is 22.8. The van der Waals surface area contributed by atoms with Gasteiger partial charge in [0.2, 0.25) is 11.8 Å². The summed E-state index contributed by atoms with van der Waals surface area (Å²) in [4.78, 5) is 23.9. The summed E-state index contributed by atoms with van der Waals surface area (Å²) in [5, 5.41) is 0. The first-order chi connectivity index (χ1) is 15.0. The van der Waals surface area contributed by atoms with Gasteiger partial charge in [-0.2, -0.15) is 9.97 Å². The van der Waals surface area contributed by atoms with Gasteiger partial charge >= 0.3 is 13.8 Å². The van der Waals surface area contributed by atoms with E-state index >= 15 is 4.39 Å². The SMILES string of the molecule is COc1nc(N)nc2c1ncn2[C@@H]1O[C@@H]2CO[P@@](=O)(OCC(=O)OC(C)C)O[C@H]2[C@@]1(C)F. The van der Waals surface area contributed by atoms with Gasteiger partial charge in [-0.1, -0.05) is 0 Å². The number of methoxy groups -OCH3 is 1. The number of nitrogens with two attached hydrogens (primary N) is 1. The number of rotatable bonds is 6. The molecule has 2 fully saturated rings. The second-order valence-electron chi connectivity index (χ2n) is 7.67. The molecule has 2 aromatic rings. The van der Waals surface area contributed by atoms with Crippen LogP contribution in [0.1, 0.15) is 27.0 Å². The van der Waals surface area contributed by atoms with Crippen LogP contribution in [0.4, 0.5) is 10.3 Å². The molecule has 0 aliphatic carbocycles. The van der Waals surface area contributed by atoms with Crippen molar-refractivity contribution in [2.24, 2.45) is 0 Å². The summed E-state index contributed by atoms with van der Waals surface area (Å²) in [6, 6.07) is 0. The molecular formula is C17H23FN5O8P. The maximum absolute atomic E-state index is 16.0. The van der Waals surface area contributed by atoms with Crippen LogP contribution in [0.2, 0.25) is 0 Å². The van der Waals surface area contributed by atoms with Crippen molar-refractivity contribution in [3.63, 3.8) is 0 Å². The molecule has 32 heavy (non-hydrogen) atoms. The smallest absolute Gasteiger partial charge is 0.475 e. The van der Waals surface area contributed by atoms with Crippen LogP contribution in [0, 0.1) is 0 Å². The maximum atomic E-state index is 16.0. The van der Waals surface area contributed by atoms with E-state index in [9.17, 15) is 9.36 Å². The van der Waals surface area contributed by atoms with Crippen molar-refractivity contribution in [3.05, 3.63) is 6.33 Å². The Hall–Kier alpha value is -2.38. The Morgan fingerprint density at radius 1 is 1.47 bits per heavy atom. The second-order valence-corrected chi connectivity index (χ2v) is 9.30. The minimum absolute atomic E-state index is 0.0992. The van der Waals surface area contributed by atoms with E-state index in [2.05, 4.69) is 15.0 Å². The lowest BCUT2D eigenvalue weighted by atomic mass is 9.98. The molecule has 0 unspecified atom stereocenters. The van der Waals surface area contributed by atoms with Crippen LogP contribution in [0.25, 0.3) is 11.2 Å². The normalized spacial score (nSPS) is 32.2. The number of nitrogen functional groups attached to an aromatic ring is 1. The van der Waals surface area contributed by atoms with Crippen molar-refractivity contribution < 1.29 is 41.5 Å². The Morgan fingerprint density at radius 3 is 2.91 bits per heavy atom. The lowest BCUT2D eigenvalue weighted by Crippen LogP contribution is -2.45. The van der Waals surface area contributed by atoms with Gasteiger partial charge in [0.1, 0.15) is 12.2 Å². The van der Waals surface area contributed by atoms with Crippen LogP contribution < -0.4 is 10.5 Å². The number of esters is 1. The number of halogens is 1. The number of nitrogens with zero attached hydrogens (tertiary/aromatic N) is 4. The molecule has 15 heteroatoms. The zero-order chi connectivity index (χ0) is 23.3. The fourth-order valence-electron chi connectivity index (χ4n) is 3.56. The molecule has 2 N–H and O–H groups in total. The van der Waals surface area contributed by atoms with E-state index in [4.69, 9.17) is 33.5 Å². The highest BCUT2D eigenvalue weighted by molar-refractivity contribution is 7.48. The molecule has 2 aliphatic rings. The maximum Gasteiger partial charge on any atom is 0.475 e. The van der Waals surface area contributed by atoms with Gasteiger partial charge < -0.3 is 19.9 Å². The number of imidazole rings is 1. The molecule has 2 saturated heterocycles. The zero-order valence-electron chi connectivity index (χ0n) is 17.8. The molecule has 176 valence electrons. The minimum Gasteiger partial charge on any atom is -0.479 e. The fourth-order valence-corrected chi connectivity index (χ4v) is 4.97. The highest BCUT2D eigenvalue weighted by Gasteiger charge is 2.61. The number of hydrogen-bond acceptors (Lipinski definition) is 12. The lowest BCUT2D eigenvalue weighted by molar-refractivity contribution is -0.151. The van der Waals surface area contributed by atoms with Gasteiger partial charge in [-0.25, -0.2) is 18.7 Å². The molecule has 0 radical (unpaired) electrons. The molecule has 4 rings (SSSR count). The predicted molar refractivity (Wildman–Crippen MR) is 105 cm³/mol. The third-order valence-corrected chi connectivity index (χ3v) is 6.28. The highest BCUT2D eigenvalue weighted by atomic mass is 31.2. The number of phosphoric acid groups is 1. The molecule has 2 aromatic heterocycles. The van der Waals surface area contributed by atoms with E-state index in [-0.39, 0.29) is 35.7 Å². The van der Waals surface area contributed by atoms with E-state index in [1.54, 1.807) is 13.8 Å². The molecule has 0 saturated carbocycles. The van der Waals surface area contributed by atoms with Crippen LogP contribution in [-0.2, 0) is 32.4 Å². The first-order valence-corrected chi connectivity index (χ1v) is 11.2. The third kappa shape index (κ3) is 4.04. The molecule has 0 spiro atoms. The van der Waals surface area contributed by atoms with Gasteiger partial charge in [0.25, 0.3) is 0 Å². The number of anilines is 1. The number of aromatic nitrogens is 4. The first-order valence-electron chi connectivity index (χ1n) is 9.69. The molecule has 0 bridgehead atoms. The average Bonchev–Trinajstić information content (AvgIpc) is 3.23. The standard InChI is InChI=1S/C17H23FN5O8P/c1-8(2)29-10(24)6-28-32(25)27-5-9-12(31-32)17(3,18)15(30-9)23-7-20-11-13(23)21-16(19)22-14(11)26-4/h7-9,12,15H,5-6H2,1-4H3,(H2,19,21,22)/t9-,12-,15-,17-,32+/m1/s1. The Bertz CT molecular complexity index is 1080. The van der Waals surface area contributed by atoms with Crippen LogP contribution in [0.5, 0.6) is 5.88 Å². The summed E-state index contributed by atoms with van der Waals surface area (Å²) in [5.74, 6) is -0.741. The topological polar surface area (TPSA) is 159 Å². The molecular weight excluding hydrogens is 452 g/mol. The molecule has 2 aliphatic heterocycles. The summed E-state index contributed by atoms with van der Waals surface area (Å²) in [5.41, 5.74) is 3.94. The monoisotopic (exact) mass is 475 g/mol. The molecule has 5 atom stereocenters. The van der Waals surface area contributed by atoms with Crippen LogP contribution >= 0.6 is 7.82 Å². The number of carbonyl (C=O) groups is 1. The van der Waals surface area contributed by atoms with Crippen molar-refractivity contribution >= 4 is 30.9 Å². The number of carbonyl (C=O) groups excluding carboxylic acids is 1. The number of fused-ring (bicyclic) bond motifs is 2. The molecule has 4 heterocycles. The van der Waals surface area contributed by atoms with E-state index < -0.39 is 44.5 Å². The number of hydrogen-bond donors (Lipinski definition) is 1. The zero-order valence-corrected chi connectivity index (χ0v) is 18.7. The highest BCUT2D eigenvalue weighted by Crippen LogP contribution is 2.59.